The Bertz CT molecular complexity index is 915. The molecule has 32 heavy (non-hydrogen) atoms. The van der Waals surface area contributed by atoms with Crippen molar-refractivity contribution in [2.45, 2.75) is 39.2 Å². The van der Waals surface area contributed by atoms with Crippen LogP contribution in [0, 0.1) is 11.8 Å². The molecule has 1 N–H and O–H groups in total. The molecular formula is C26H33NO5. The van der Waals surface area contributed by atoms with Crippen LogP contribution in [0.5, 0.6) is 11.5 Å². The molecule has 1 saturated heterocycles. The first-order valence-electron chi connectivity index (χ1n) is 11.2. The van der Waals surface area contributed by atoms with E-state index in [2.05, 4.69) is 35.2 Å². The standard InChI is InChI=1S/C24H29NO3.C2H4O2/c1-27-22-14-19-13-20(24(26)21(19)15-23(22)28-2)12-17-8-10-25(11-9-17)16-18-6-4-3-5-7-18;1-2(3)4/h3-7,14-15,17,20H,8-13,16H2,1-2H3;1H3,(H,3,4). The fraction of sp³-hybridized carbons (Fsp3) is 0.462. The van der Waals surface area contributed by atoms with Crippen molar-refractivity contribution in [3.63, 3.8) is 0 Å². The van der Waals surface area contributed by atoms with Crippen LogP contribution in [0.2, 0.25) is 0 Å². The fourth-order valence-corrected chi connectivity index (χ4v) is 4.71. The van der Waals surface area contributed by atoms with Crippen molar-refractivity contribution in [3.8, 4) is 11.5 Å². The number of rotatable bonds is 6. The molecule has 2 aromatic carbocycles. The lowest BCUT2D eigenvalue weighted by molar-refractivity contribution is -0.134. The Morgan fingerprint density at radius 1 is 1.06 bits per heavy atom. The molecule has 1 heterocycles. The Morgan fingerprint density at radius 2 is 1.66 bits per heavy atom. The number of hydrogen-bond acceptors (Lipinski definition) is 5. The van der Waals surface area contributed by atoms with Gasteiger partial charge in [0.1, 0.15) is 0 Å². The van der Waals surface area contributed by atoms with E-state index in [-0.39, 0.29) is 11.7 Å². The Kier molecular flexibility index (Phi) is 8.28. The number of benzene rings is 2. The summed E-state index contributed by atoms with van der Waals surface area (Å²) in [4.78, 5) is 24.5. The van der Waals surface area contributed by atoms with Crippen molar-refractivity contribution in [1.82, 2.24) is 4.90 Å². The SMILES string of the molecule is CC(=O)O.COc1cc2c(cc1OC)C(=O)C(CC1CCN(Cc3ccccc3)CC1)C2. The summed E-state index contributed by atoms with van der Waals surface area (Å²) in [6.45, 7) is 4.35. The van der Waals surface area contributed by atoms with Gasteiger partial charge in [-0.25, -0.2) is 0 Å². The molecule has 0 amide bonds. The average molecular weight is 440 g/mol. The fourth-order valence-electron chi connectivity index (χ4n) is 4.71. The summed E-state index contributed by atoms with van der Waals surface area (Å²) in [5, 5.41) is 7.42. The van der Waals surface area contributed by atoms with Crippen molar-refractivity contribution in [2.24, 2.45) is 11.8 Å². The van der Waals surface area contributed by atoms with Gasteiger partial charge in [0, 0.05) is 24.9 Å². The van der Waals surface area contributed by atoms with E-state index >= 15 is 0 Å². The van der Waals surface area contributed by atoms with Crippen molar-refractivity contribution < 1.29 is 24.2 Å². The molecule has 1 aliphatic heterocycles. The van der Waals surface area contributed by atoms with Crippen molar-refractivity contribution in [1.29, 1.82) is 0 Å². The molecule has 2 aliphatic rings. The van der Waals surface area contributed by atoms with Gasteiger partial charge in [0.05, 0.1) is 14.2 Å². The summed E-state index contributed by atoms with van der Waals surface area (Å²) >= 11 is 0. The van der Waals surface area contributed by atoms with E-state index in [9.17, 15) is 4.79 Å². The van der Waals surface area contributed by atoms with E-state index in [0.29, 0.717) is 17.4 Å². The molecule has 172 valence electrons. The van der Waals surface area contributed by atoms with Crippen LogP contribution in [0.3, 0.4) is 0 Å². The van der Waals surface area contributed by atoms with Crippen LogP contribution in [-0.4, -0.2) is 49.1 Å². The number of piperidine rings is 1. The van der Waals surface area contributed by atoms with Crippen LogP contribution in [0.15, 0.2) is 42.5 Å². The number of hydrogen-bond donors (Lipinski definition) is 1. The van der Waals surface area contributed by atoms with Gasteiger partial charge < -0.3 is 14.6 Å². The molecule has 2 aromatic rings. The third-order valence-corrected chi connectivity index (χ3v) is 6.29. The molecule has 0 aromatic heterocycles. The molecule has 4 rings (SSSR count). The summed E-state index contributed by atoms with van der Waals surface area (Å²) < 4.78 is 10.8. The first-order valence-corrected chi connectivity index (χ1v) is 11.2. The number of carboxylic acids is 1. The van der Waals surface area contributed by atoms with Crippen LogP contribution in [-0.2, 0) is 17.8 Å². The molecule has 0 saturated carbocycles. The van der Waals surface area contributed by atoms with Gasteiger partial charge >= 0.3 is 0 Å². The summed E-state index contributed by atoms with van der Waals surface area (Å²) in [5.74, 6) is 1.55. The lowest BCUT2D eigenvalue weighted by atomic mass is 9.85. The molecule has 1 atom stereocenters. The molecular weight excluding hydrogens is 406 g/mol. The third kappa shape index (κ3) is 6.10. The number of carbonyl (C=O) groups excluding carboxylic acids is 1. The minimum Gasteiger partial charge on any atom is -0.493 e. The van der Waals surface area contributed by atoms with E-state index in [4.69, 9.17) is 19.4 Å². The van der Waals surface area contributed by atoms with E-state index in [1.165, 1.54) is 18.4 Å². The maximum Gasteiger partial charge on any atom is 0.300 e. The zero-order chi connectivity index (χ0) is 23.1. The molecule has 1 fully saturated rings. The maximum atomic E-state index is 12.9. The first-order chi connectivity index (χ1) is 15.4. The zero-order valence-electron chi connectivity index (χ0n) is 19.2. The highest BCUT2D eigenvalue weighted by molar-refractivity contribution is 6.02. The van der Waals surface area contributed by atoms with Gasteiger partial charge in [-0.2, -0.15) is 0 Å². The second kappa shape index (κ2) is 11.1. The minimum absolute atomic E-state index is 0.109. The van der Waals surface area contributed by atoms with Crippen LogP contribution in [0.4, 0.5) is 0 Å². The number of Topliss-reactive ketones (excluding diaryl/α,β-unsaturated/α-hetero) is 1. The molecule has 1 unspecified atom stereocenters. The smallest absolute Gasteiger partial charge is 0.300 e. The summed E-state index contributed by atoms with van der Waals surface area (Å²) in [5.41, 5.74) is 3.31. The van der Waals surface area contributed by atoms with E-state index in [0.717, 1.165) is 50.5 Å². The number of aliphatic carboxylic acids is 1. The quantitative estimate of drug-likeness (QED) is 0.717. The zero-order valence-corrected chi connectivity index (χ0v) is 19.2. The highest BCUT2D eigenvalue weighted by Gasteiger charge is 2.34. The predicted molar refractivity (Wildman–Crippen MR) is 123 cm³/mol. The molecule has 6 nitrogen and oxygen atoms in total. The van der Waals surface area contributed by atoms with Crippen LogP contribution in [0.25, 0.3) is 0 Å². The van der Waals surface area contributed by atoms with Gasteiger partial charge in [-0.05, 0) is 68.0 Å². The van der Waals surface area contributed by atoms with Crippen molar-refractivity contribution in [3.05, 3.63) is 59.2 Å². The highest BCUT2D eigenvalue weighted by atomic mass is 16.5. The van der Waals surface area contributed by atoms with Crippen LogP contribution < -0.4 is 9.47 Å². The average Bonchev–Trinajstić information content (AvgIpc) is 3.08. The second-order valence-corrected chi connectivity index (χ2v) is 8.59. The Balaban J connectivity index is 0.000000668. The normalized spacial score (nSPS) is 18.5. The van der Waals surface area contributed by atoms with Gasteiger partial charge in [0.25, 0.3) is 5.97 Å². The number of fused-ring (bicyclic) bond motifs is 1. The second-order valence-electron chi connectivity index (χ2n) is 8.59. The van der Waals surface area contributed by atoms with E-state index in [1.54, 1.807) is 14.2 Å². The molecule has 0 spiro atoms. The van der Waals surface area contributed by atoms with Gasteiger partial charge in [-0.1, -0.05) is 30.3 Å². The number of ether oxygens (including phenoxy) is 2. The number of carbonyl (C=O) groups is 2. The van der Waals surface area contributed by atoms with Gasteiger partial charge in [0.15, 0.2) is 17.3 Å². The van der Waals surface area contributed by atoms with Crippen molar-refractivity contribution >= 4 is 11.8 Å². The largest absolute Gasteiger partial charge is 0.493 e. The Labute approximate surface area is 190 Å². The predicted octanol–water partition coefficient (Wildman–Crippen LogP) is 4.45. The minimum atomic E-state index is -0.833. The van der Waals surface area contributed by atoms with Crippen LogP contribution >= 0.6 is 0 Å². The summed E-state index contributed by atoms with van der Waals surface area (Å²) in [6, 6.07) is 14.5. The first kappa shape index (κ1) is 23.8. The summed E-state index contributed by atoms with van der Waals surface area (Å²) in [7, 11) is 3.26. The lowest BCUT2D eigenvalue weighted by Gasteiger charge is -2.32. The monoisotopic (exact) mass is 439 g/mol. The Morgan fingerprint density at radius 3 is 2.25 bits per heavy atom. The molecule has 1 aliphatic carbocycles. The number of methoxy groups -OCH3 is 2. The maximum absolute atomic E-state index is 12.9. The summed E-state index contributed by atoms with van der Waals surface area (Å²) in [6.07, 6.45) is 4.19. The Hall–Kier alpha value is -2.86. The third-order valence-electron chi connectivity index (χ3n) is 6.29. The lowest BCUT2D eigenvalue weighted by Crippen LogP contribution is -2.34. The van der Waals surface area contributed by atoms with E-state index in [1.807, 2.05) is 12.1 Å². The van der Waals surface area contributed by atoms with E-state index < -0.39 is 5.97 Å². The van der Waals surface area contributed by atoms with Gasteiger partial charge in [0.2, 0.25) is 0 Å². The highest BCUT2D eigenvalue weighted by Crippen LogP contribution is 2.39. The molecule has 6 heteroatoms. The number of likely N-dealkylation sites (tertiary alicyclic amines) is 1. The van der Waals surface area contributed by atoms with Crippen LogP contribution in [0.1, 0.15) is 47.7 Å². The molecule has 0 bridgehead atoms. The van der Waals surface area contributed by atoms with Crippen molar-refractivity contribution in [2.75, 3.05) is 27.3 Å². The van der Waals surface area contributed by atoms with Gasteiger partial charge in [-0.3, -0.25) is 14.5 Å². The number of nitrogens with zero attached hydrogens (tertiary/aromatic N) is 1. The topological polar surface area (TPSA) is 76.1 Å². The number of carboxylic acid groups (broad SMARTS) is 1. The molecule has 0 radical (unpaired) electrons. The van der Waals surface area contributed by atoms with Gasteiger partial charge in [-0.15, -0.1) is 0 Å². The number of ketones is 1.